The summed E-state index contributed by atoms with van der Waals surface area (Å²) in [4.78, 5) is 11.8. The number of hydrogen-bond donors (Lipinski definition) is 1. The molecule has 0 aromatic rings. The number of unbranched alkanes of at least 4 members (excludes halogenated alkanes) is 4. The number of carboxylic acids is 1. The van der Waals surface area contributed by atoms with Crippen LogP contribution in [0.4, 0.5) is 0 Å². The van der Waals surface area contributed by atoms with Crippen molar-refractivity contribution in [3.05, 3.63) is 22.1 Å². The average molecular weight is 282 g/mol. The lowest BCUT2D eigenvalue weighted by Crippen LogP contribution is -1.94. The average Bonchev–Trinajstić information content (AvgIpc) is 2.36. The second-order valence-electron chi connectivity index (χ2n) is 5.40. The van der Waals surface area contributed by atoms with E-state index in [1.165, 1.54) is 53.9 Å². The van der Waals surface area contributed by atoms with Crippen molar-refractivity contribution in [2.75, 3.05) is 5.75 Å². The second-order valence-corrected chi connectivity index (χ2v) is 6.53. The number of hydrogen-bond acceptors (Lipinski definition) is 2. The van der Waals surface area contributed by atoms with Crippen LogP contribution in [0, 0.1) is 0 Å². The fourth-order valence-corrected chi connectivity index (χ4v) is 3.38. The highest BCUT2D eigenvalue weighted by Crippen LogP contribution is 2.31. The molecule has 1 aliphatic carbocycles. The van der Waals surface area contributed by atoms with Gasteiger partial charge in [0.15, 0.2) is 0 Å². The summed E-state index contributed by atoms with van der Waals surface area (Å²) < 4.78 is 0. The molecule has 0 heterocycles. The third-order valence-corrected chi connectivity index (χ3v) is 4.76. The SMILES string of the molecule is CC1=CC(SCCCCCCCC(=O)O)=C(C)CC1. The molecule has 0 aromatic carbocycles. The van der Waals surface area contributed by atoms with Gasteiger partial charge in [-0.05, 0) is 51.4 Å². The lowest BCUT2D eigenvalue weighted by atomic mass is 10.0. The van der Waals surface area contributed by atoms with Gasteiger partial charge in [0, 0.05) is 11.3 Å². The van der Waals surface area contributed by atoms with Gasteiger partial charge in [-0.15, -0.1) is 11.8 Å². The summed E-state index contributed by atoms with van der Waals surface area (Å²) in [6.45, 7) is 4.46. The number of aliphatic carboxylic acids is 1. The molecule has 0 atom stereocenters. The zero-order valence-corrected chi connectivity index (χ0v) is 13.0. The summed E-state index contributed by atoms with van der Waals surface area (Å²) in [6.07, 6.45) is 10.6. The predicted octanol–water partition coefficient (Wildman–Crippen LogP) is 5.16. The molecule has 108 valence electrons. The van der Waals surface area contributed by atoms with Crippen molar-refractivity contribution in [3.63, 3.8) is 0 Å². The molecule has 0 aromatic heterocycles. The highest BCUT2D eigenvalue weighted by atomic mass is 32.2. The van der Waals surface area contributed by atoms with E-state index in [1.807, 2.05) is 11.8 Å². The van der Waals surface area contributed by atoms with Gasteiger partial charge in [0.2, 0.25) is 0 Å². The molecule has 0 amide bonds. The normalized spacial score (nSPS) is 15.6. The Kier molecular flexibility index (Phi) is 7.96. The number of thioether (sulfide) groups is 1. The molecule has 0 fully saturated rings. The van der Waals surface area contributed by atoms with E-state index in [2.05, 4.69) is 19.9 Å². The Morgan fingerprint density at radius 3 is 2.58 bits per heavy atom. The van der Waals surface area contributed by atoms with E-state index in [1.54, 1.807) is 0 Å². The Bertz CT molecular complexity index is 356. The molecule has 0 unspecified atom stereocenters. The third-order valence-electron chi connectivity index (χ3n) is 3.49. The largest absolute Gasteiger partial charge is 0.481 e. The van der Waals surface area contributed by atoms with Crippen molar-refractivity contribution in [1.82, 2.24) is 0 Å². The Morgan fingerprint density at radius 1 is 1.16 bits per heavy atom. The van der Waals surface area contributed by atoms with Gasteiger partial charge in [-0.1, -0.05) is 30.4 Å². The Labute approximate surface area is 121 Å². The molecule has 2 nitrogen and oxygen atoms in total. The van der Waals surface area contributed by atoms with Gasteiger partial charge in [-0.3, -0.25) is 4.79 Å². The molecule has 3 heteroatoms. The van der Waals surface area contributed by atoms with Crippen LogP contribution in [-0.4, -0.2) is 16.8 Å². The fraction of sp³-hybridized carbons (Fsp3) is 0.688. The smallest absolute Gasteiger partial charge is 0.303 e. The standard InChI is InChI=1S/C16H26O2S/c1-13-9-10-14(2)15(12-13)19-11-7-5-3-4-6-8-16(17)18/h12H,3-11H2,1-2H3,(H,17,18). The quantitative estimate of drug-likeness (QED) is 0.594. The van der Waals surface area contributed by atoms with Crippen molar-refractivity contribution in [2.24, 2.45) is 0 Å². The lowest BCUT2D eigenvalue weighted by molar-refractivity contribution is -0.137. The molecule has 1 N–H and O–H groups in total. The van der Waals surface area contributed by atoms with Gasteiger partial charge in [-0.25, -0.2) is 0 Å². The highest BCUT2D eigenvalue weighted by molar-refractivity contribution is 8.03. The van der Waals surface area contributed by atoms with E-state index in [-0.39, 0.29) is 0 Å². The first-order valence-electron chi connectivity index (χ1n) is 7.31. The van der Waals surface area contributed by atoms with Crippen molar-refractivity contribution in [1.29, 1.82) is 0 Å². The minimum atomic E-state index is -0.669. The van der Waals surface area contributed by atoms with Crippen LogP contribution in [0.3, 0.4) is 0 Å². The summed E-state index contributed by atoms with van der Waals surface area (Å²) in [6, 6.07) is 0. The molecule has 1 aliphatic rings. The summed E-state index contributed by atoms with van der Waals surface area (Å²) in [5, 5.41) is 8.53. The summed E-state index contributed by atoms with van der Waals surface area (Å²) in [5.41, 5.74) is 3.04. The Balaban J connectivity index is 2.03. The van der Waals surface area contributed by atoms with Crippen LogP contribution in [0.2, 0.25) is 0 Å². The zero-order valence-electron chi connectivity index (χ0n) is 12.2. The highest BCUT2D eigenvalue weighted by Gasteiger charge is 2.07. The predicted molar refractivity (Wildman–Crippen MR) is 83.5 cm³/mol. The molecule has 0 radical (unpaired) electrons. The number of carboxylic acid groups (broad SMARTS) is 1. The number of rotatable bonds is 9. The maximum absolute atomic E-state index is 10.4. The molecular weight excluding hydrogens is 256 g/mol. The number of allylic oxidation sites excluding steroid dienone is 3. The van der Waals surface area contributed by atoms with Crippen LogP contribution >= 0.6 is 11.8 Å². The maximum Gasteiger partial charge on any atom is 0.303 e. The van der Waals surface area contributed by atoms with Crippen molar-refractivity contribution < 1.29 is 9.90 Å². The molecule has 0 bridgehead atoms. The van der Waals surface area contributed by atoms with E-state index >= 15 is 0 Å². The lowest BCUT2D eigenvalue weighted by Gasteiger charge is -2.15. The summed E-state index contributed by atoms with van der Waals surface area (Å²) in [7, 11) is 0. The molecule has 1 rings (SSSR count). The molecule has 19 heavy (non-hydrogen) atoms. The topological polar surface area (TPSA) is 37.3 Å². The zero-order chi connectivity index (χ0) is 14.1. The van der Waals surface area contributed by atoms with Crippen LogP contribution in [0.15, 0.2) is 22.1 Å². The van der Waals surface area contributed by atoms with Crippen molar-refractivity contribution >= 4 is 17.7 Å². The summed E-state index contributed by atoms with van der Waals surface area (Å²) >= 11 is 1.99. The van der Waals surface area contributed by atoms with Gasteiger partial charge in [-0.2, -0.15) is 0 Å². The first kappa shape index (κ1) is 16.4. The first-order chi connectivity index (χ1) is 9.09. The second kappa shape index (κ2) is 9.24. The fourth-order valence-electron chi connectivity index (χ4n) is 2.18. The van der Waals surface area contributed by atoms with Gasteiger partial charge in [0.05, 0.1) is 0 Å². The van der Waals surface area contributed by atoms with Crippen molar-refractivity contribution in [2.45, 2.75) is 65.2 Å². The van der Waals surface area contributed by atoms with Crippen LogP contribution in [0.25, 0.3) is 0 Å². The first-order valence-corrected chi connectivity index (χ1v) is 8.29. The molecular formula is C16H26O2S. The van der Waals surface area contributed by atoms with Gasteiger partial charge in [0.1, 0.15) is 0 Å². The van der Waals surface area contributed by atoms with E-state index in [9.17, 15) is 4.79 Å². The van der Waals surface area contributed by atoms with Crippen LogP contribution < -0.4 is 0 Å². The summed E-state index contributed by atoms with van der Waals surface area (Å²) in [5.74, 6) is 0.521. The van der Waals surface area contributed by atoms with Gasteiger partial charge in [0.25, 0.3) is 0 Å². The minimum absolute atomic E-state index is 0.324. The third kappa shape index (κ3) is 7.46. The van der Waals surface area contributed by atoms with Crippen LogP contribution in [-0.2, 0) is 4.79 Å². The minimum Gasteiger partial charge on any atom is -0.481 e. The molecule has 0 aliphatic heterocycles. The molecule has 0 saturated carbocycles. The monoisotopic (exact) mass is 282 g/mol. The maximum atomic E-state index is 10.4. The van der Waals surface area contributed by atoms with Crippen molar-refractivity contribution in [3.8, 4) is 0 Å². The van der Waals surface area contributed by atoms with Crippen LogP contribution in [0.5, 0.6) is 0 Å². The van der Waals surface area contributed by atoms with E-state index in [0.717, 1.165) is 12.8 Å². The molecule has 0 saturated heterocycles. The van der Waals surface area contributed by atoms with E-state index < -0.39 is 5.97 Å². The van der Waals surface area contributed by atoms with Gasteiger partial charge >= 0.3 is 5.97 Å². The van der Waals surface area contributed by atoms with Gasteiger partial charge < -0.3 is 5.11 Å². The Morgan fingerprint density at radius 2 is 1.84 bits per heavy atom. The van der Waals surface area contributed by atoms with E-state index in [0.29, 0.717) is 6.42 Å². The van der Waals surface area contributed by atoms with Crippen LogP contribution in [0.1, 0.15) is 65.2 Å². The molecule has 0 spiro atoms. The Hall–Kier alpha value is -0.700. The van der Waals surface area contributed by atoms with E-state index in [4.69, 9.17) is 5.11 Å². The number of carbonyl (C=O) groups is 1.